The molecule has 2 heterocycles. The molecule has 0 saturated heterocycles. The summed E-state index contributed by atoms with van der Waals surface area (Å²) in [4.78, 5) is 30.7. The summed E-state index contributed by atoms with van der Waals surface area (Å²) >= 11 is 1.26. The van der Waals surface area contributed by atoms with E-state index in [1.165, 1.54) is 17.4 Å². The molecule has 0 saturated carbocycles. The molecule has 0 aliphatic heterocycles. The highest BCUT2D eigenvalue weighted by Gasteiger charge is 2.07. The van der Waals surface area contributed by atoms with Crippen molar-refractivity contribution in [1.29, 1.82) is 0 Å². The van der Waals surface area contributed by atoms with Gasteiger partial charge in [-0.1, -0.05) is 0 Å². The third-order valence-electron chi connectivity index (χ3n) is 2.67. The Hall–Kier alpha value is -2.41. The van der Waals surface area contributed by atoms with E-state index in [1.54, 1.807) is 24.5 Å². The fourth-order valence-corrected chi connectivity index (χ4v) is 2.52. The van der Waals surface area contributed by atoms with E-state index in [4.69, 9.17) is 5.11 Å². The second-order valence-electron chi connectivity index (χ2n) is 4.27. The molecule has 0 bridgehead atoms. The van der Waals surface area contributed by atoms with E-state index in [9.17, 15) is 9.59 Å². The number of carbonyl (C=O) groups excluding carboxylic acids is 1. The van der Waals surface area contributed by atoms with E-state index in [-0.39, 0.29) is 5.91 Å². The normalized spacial score (nSPS) is 10.9. The van der Waals surface area contributed by atoms with Crippen molar-refractivity contribution in [2.24, 2.45) is 0 Å². The third-order valence-corrected chi connectivity index (χ3v) is 3.72. The summed E-state index contributed by atoms with van der Waals surface area (Å²) in [6, 6.07) is 3.41. The van der Waals surface area contributed by atoms with Crippen LogP contribution in [-0.2, 0) is 11.2 Å². The number of aromatic amines is 1. The number of H-pyrrole nitrogens is 1. The van der Waals surface area contributed by atoms with Gasteiger partial charge in [0.15, 0.2) is 0 Å². The van der Waals surface area contributed by atoms with Crippen LogP contribution in [0.1, 0.15) is 26.8 Å². The van der Waals surface area contributed by atoms with E-state index in [0.29, 0.717) is 11.4 Å². The zero-order chi connectivity index (χ0) is 15.1. The van der Waals surface area contributed by atoms with Crippen molar-refractivity contribution in [2.75, 3.05) is 6.54 Å². The van der Waals surface area contributed by atoms with Crippen LogP contribution in [0.15, 0.2) is 30.6 Å². The quantitative estimate of drug-likeness (QED) is 0.538. The number of aromatic nitrogens is 2. The lowest BCUT2D eigenvalue weighted by molar-refractivity contribution is -0.131. The molecule has 2 aromatic heterocycles. The number of amides is 1. The Morgan fingerprint density at radius 3 is 3.00 bits per heavy atom. The van der Waals surface area contributed by atoms with E-state index >= 15 is 0 Å². The van der Waals surface area contributed by atoms with Crippen LogP contribution in [0, 0.1) is 0 Å². The summed E-state index contributed by atoms with van der Waals surface area (Å²) in [6.07, 6.45) is 7.58. The maximum atomic E-state index is 11.9. The summed E-state index contributed by atoms with van der Waals surface area (Å²) < 4.78 is 0. The number of thiophene rings is 1. The highest BCUT2D eigenvalue weighted by molar-refractivity contribution is 7.14. The molecule has 3 N–H and O–H groups in total. The second kappa shape index (κ2) is 7.39. The number of hydrogen-bond donors (Lipinski definition) is 3. The van der Waals surface area contributed by atoms with Gasteiger partial charge in [0.05, 0.1) is 4.88 Å². The first-order valence-corrected chi connectivity index (χ1v) is 7.24. The Kier molecular flexibility index (Phi) is 5.28. The number of rotatable bonds is 7. The molecule has 2 aromatic rings. The molecule has 0 aromatic carbocycles. The van der Waals surface area contributed by atoms with E-state index < -0.39 is 5.97 Å². The number of nitrogens with one attached hydrogen (secondary N) is 2. The van der Waals surface area contributed by atoms with Gasteiger partial charge < -0.3 is 15.4 Å². The van der Waals surface area contributed by atoms with Gasteiger partial charge in [-0.15, -0.1) is 11.3 Å². The summed E-state index contributed by atoms with van der Waals surface area (Å²) in [6.45, 7) is 0.567. The van der Waals surface area contributed by atoms with Crippen LogP contribution in [0.5, 0.6) is 0 Å². The fraction of sp³-hybridized carbons (Fsp3) is 0.214. The first-order valence-electron chi connectivity index (χ1n) is 6.42. The minimum absolute atomic E-state index is 0.144. The molecule has 0 radical (unpaired) electrons. The second-order valence-corrected chi connectivity index (χ2v) is 5.38. The minimum atomic E-state index is -1.01. The van der Waals surface area contributed by atoms with Crippen molar-refractivity contribution in [2.45, 2.75) is 12.8 Å². The highest BCUT2D eigenvalue weighted by atomic mass is 32.1. The van der Waals surface area contributed by atoms with E-state index in [2.05, 4.69) is 15.3 Å². The number of carboxylic acid groups (broad SMARTS) is 1. The lowest BCUT2D eigenvalue weighted by Crippen LogP contribution is -2.23. The lowest BCUT2D eigenvalue weighted by atomic mass is 10.3. The average molecular weight is 305 g/mol. The van der Waals surface area contributed by atoms with Gasteiger partial charge in [-0.25, -0.2) is 9.78 Å². The van der Waals surface area contributed by atoms with E-state index in [0.717, 1.165) is 29.6 Å². The molecule has 0 fully saturated rings. The molecule has 0 aliphatic carbocycles. The molecule has 7 heteroatoms. The fourth-order valence-electron chi connectivity index (χ4n) is 1.70. The molecular weight excluding hydrogens is 290 g/mol. The van der Waals surface area contributed by atoms with Crippen LogP contribution in [0.2, 0.25) is 0 Å². The first kappa shape index (κ1) is 15.0. The van der Waals surface area contributed by atoms with Gasteiger partial charge in [-0.3, -0.25) is 4.79 Å². The van der Waals surface area contributed by atoms with Crippen molar-refractivity contribution >= 4 is 29.3 Å². The average Bonchev–Trinajstić information content (AvgIpc) is 3.12. The Balaban J connectivity index is 1.76. The monoisotopic (exact) mass is 305 g/mol. The number of aliphatic carboxylic acids is 1. The summed E-state index contributed by atoms with van der Waals surface area (Å²) in [5.74, 6) is -0.247. The van der Waals surface area contributed by atoms with Crippen molar-refractivity contribution in [3.8, 4) is 0 Å². The van der Waals surface area contributed by atoms with Gasteiger partial charge in [0.25, 0.3) is 5.91 Å². The van der Waals surface area contributed by atoms with Crippen LogP contribution in [0.25, 0.3) is 6.08 Å². The number of carbonyl (C=O) groups is 2. The molecule has 6 nitrogen and oxygen atoms in total. The van der Waals surface area contributed by atoms with Crippen LogP contribution < -0.4 is 5.32 Å². The van der Waals surface area contributed by atoms with Gasteiger partial charge in [0.1, 0.15) is 5.82 Å². The Labute approximate surface area is 125 Å². The largest absolute Gasteiger partial charge is 0.478 e. The lowest BCUT2D eigenvalue weighted by Gasteiger charge is -2.02. The van der Waals surface area contributed by atoms with E-state index in [1.807, 2.05) is 0 Å². The predicted octanol–water partition coefficient (Wildman–Crippen LogP) is 1.93. The van der Waals surface area contributed by atoms with Crippen LogP contribution in [0.3, 0.4) is 0 Å². The Bertz CT molecular complexity index is 632. The van der Waals surface area contributed by atoms with Crippen LogP contribution in [0.4, 0.5) is 0 Å². The topological polar surface area (TPSA) is 95.1 Å². The summed E-state index contributed by atoms with van der Waals surface area (Å²) in [5, 5.41) is 11.4. The van der Waals surface area contributed by atoms with Crippen LogP contribution >= 0.6 is 11.3 Å². The van der Waals surface area contributed by atoms with Gasteiger partial charge in [-0.2, -0.15) is 0 Å². The molecule has 0 aliphatic rings. The number of carboxylic acids is 1. The standard InChI is InChI=1S/C14H15N3O3S/c18-13(19)6-4-10-3-5-11(21-10)14(20)17-7-1-2-12-15-8-9-16-12/h3-6,8-9H,1-2,7H2,(H,15,16)(H,17,20)(H,18,19)/b6-4+. The molecule has 0 atom stereocenters. The smallest absolute Gasteiger partial charge is 0.328 e. The van der Waals surface area contributed by atoms with Gasteiger partial charge in [0, 0.05) is 36.3 Å². The molecule has 21 heavy (non-hydrogen) atoms. The van der Waals surface area contributed by atoms with Gasteiger partial charge >= 0.3 is 5.97 Å². The summed E-state index contributed by atoms with van der Waals surface area (Å²) in [5.41, 5.74) is 0. The van der Waals surface area contributed by atoms with Crippen molar-refractivity contribution in [3.05, 3.63) is 46.2 Å². The first-order chi connectivity index (χ1) is 10.1. The van der Waals surface area contributed by atoms with Crippen molar-refractivity contribution < 1.29 is 14.7 Å². The predicted molar refractivity (Wildman–Crippen MR) is 80.2 cm³/mol. The SMILES string of the molecule is O=C(O)/C=C/c1ccc(C(=O)NCCCc2ncc[nH]2)s1. The number of nitrogens with zero attached hydrogens (tertiary/aromatic N) is 1. The van der Waals surface area contributed by atoms with Crippen molar-refractivity contribution in [1.82, 2.24) is 15.3 Å². The molecule has 0 unspecified atom stereocenters. The zero-order valence-electron chi connectivity index (χ0n) is 11.2. The maximum absolute atomic E-state index is 11.9. The maximum Gasteiger partial charge on any atom is 0.328 e. The molecule has 0 spiro atoms. The van der Waals surface area contributed by atoms with Crippen molar-refractivity contribution in [3.63, 3.8) is 0 Å². The Morgan fingerprint density at radius 2 is 2.29 bits per heavy atom. The van der Waals surface area contributed by atoms with Crippen LogP contribution in [-0.4, -0.2) is 33.5 Å². The molecular formula is C14H15N3O3S. The minimum Gasteiger partial charge on any atom is -0.478 e. The van der Waals surface area contributed by atoms with Gasteiger partial charge in [0.2, 0.25) is 0 Å². The molecule has 110 valence electrons. The zero-order valence-corrected chi connectivity index (χ0v) is 12.0. The number of aryl methyl sites for hydroxylation is 1. The van der Waals surface area contributed by atoms with Gasteiger partial charge in [-0.05, 0) is 24.6 Å². The Morgan fingerprint density at radius 1 is 1.43 bits per heavy atom. The summed E-state index contributed by atoms with van der Waals surface area (Å²) in [7, 11) is 0. The number of hydrogen-bond acceptors (Lipinski definition) is 4. The number of imidazole rings is 1. The molecule has 2 rings (SSSR count). The highest BCUT2D eigenvalue weighted by Crippen LogP contribution is 2.17. The molecule has 1 amide bonds. The third kappa shape index (κ3) is 4.88.